The zero-order valence-corrected chi connectivity index (χ0v) is 17.4. The molecular formula is C21H26ClFN2O3. The van der Waals surface area contributed by atoms with E-state index in [9.17, 15) is 9.18 Å². The summed E-state index contributed by atoms with van der Waals surface area (Å²) >= 11 is 5.65. The molecule has 0 bridgehead atoms. The highest BCUT2D eigenvalue weighted by Crippen LogP contribution is 2.26. The Labute approximate surface area is 170 Å². The van der Waals surface area contributed by atoms with E-state index in [1.807, 2.05) is 51.1 Å². The van der Waals surface area contributed by atoms with Crippen molar-refractivity contribution < 1.29 is 18.7 Å². The summed E-state index contributed by atoms with van der Waals surface area (Å²) < 4.78 is 25.3. The number of pyridine rings is 1. The van der Waals surface area contributed by atoms with Gasteiger partial charge in [0.25, 0.3) is 0 Å². The number of carbonyl (C=O) groups is 1. The first-order chi connectivity index (χ1) is 13.2. The van der Waals surface area contributed by atoms with Crippen LogP contribution in [0, 0.1) is 5.82 Å². The maximum absolute atomic E-state index is 14.0. The van der Waals surface area contributed by atoms with Crippen LogP contribution in [0.1, 0.15) is 44.6 Å². The molecule has 1 heterocycles. The van der Waals surface area contributed by atoms with E-state index in [0.29, 0.717) is 18.7 Å². The van der Waals surface area contributed by atoms with Crippen molar-refractivity contribution in [2.45, 2.75) is 44.8 Å². The zero-order chi connectivity index (χ0) is 20.7. The van der Waals surface area contributed by atoms with E-state index in [2.05, 4.69) is 4.98 Å². The summed E-state index contributed by atoms with van der Waals surface area (Å²) in [5, 5.41) is 0. The van der Waals surface area contributed by atoms with Crippen molar-refractivity contribution in [2.24, 2.45) is 0 Å². The first kappa shape index (κ1) is 22.0. The lowest BCUT2D eigenvalue weighted by atomic mass is 10.1. The van der Waals surface area contributed by atoms with Crippen LogP contribution in [0.2, 0.25) is 0 Å². The van der Waals surface area contributed by atoms with Gasteiger partial charge >= 0.3 is 6.09 Å². The van der Waals surface area contributed by atoms with Crippen LogP contribution in [-0.4, -0.2) is 35.2 Å². The largest absolute Gasteiger partial charge is 0.484 e. The molecule has 0 N–H and O–H groups in total. The number of carbonyl (C=O) groups excluding carboxylic acids is 1. The molecule has 0 radical (unpaired) electrons. The van der Waals surface area contributed by atoms with Gasteiger partial charge in [-0.15, -0.1) is 11.6 Å². The number of alkyl halides is 1. The third-order valence-corrected chi connectivity index (χ3v) is 4.15. The van der Waals surface area contributed by atoms with Crippen LogP contribution in [0.5, 0.6) is 5.75 Å². The van der Waals surface area contributed by atoms with E-state index < -0.39 is 17.5 Å². The topological polar surface area (TPSA) is 51.7 Å². The van der Waals surface area contributed by atoms with Crippen molar-refractivity contribution in [3.8, 4) is 5.75 Å². The van der Waals surface area contributed by atoms with Gasteiger partial charge in [0.15, 0.2) is 0 Å². The third kappa shape index (κ3) is 6.68. The molecule has 0 aliphatic carbocycles. The predicted molar refractivity (Wildman–Crippen MR) is 107 cm³/mol. The smallest absolute Gasteiger partial charge is 0.410 e. The second-order valence-electron chi connectivity index (χ2n) is 7.44. The maximum Gasteiger partial charge on any atom is 0.410 e. The Morgan fingerprint density at radius 1 is 1.29 bits per heavy atom. The first-order valence-corrected chi connectivity index (χ1v) is 9.59. The summed E-state index contributed by atoms with van der Waals surface area (Å²) in [6, 6.07) is 10.8. The molecule has 0 fully saturated rings. The maximum atomic E-state index is 14.0. The summed E-state index contributed by atoms with van der Waals surface area (Å²) in [6.07, 6.45) is 1.17. The summed E-state index contributed by atoms with van der Waals surface area (Å²) in [6.45, 7) is 5.87. The summed E-state index contributed by atoms with van der Waals surface area (Å²) in [4.78, 5) is 17.7. The summed E-state index contributed by atoms with van der Waals surface area (Å²) in [7, 11) is 1.67. The van der Waals surface area contributed by atoms with Gasteiger partial charge in [0.2, 0.25) is 0 Å². The minimum atomic E-state index is -0.561. The number of nitrogens with zero attached hydrogens (tertiary/aromatic N) is 2. The van der Waals surface area contributed by atoms with Crippen LogP contribution >= 0.6 is 11.6 Å². The molecule has 0 aliphatic rings. The van der Waals surface area contributed by atoms with Gasteiger partial charge in [-0.3, -0.25) is 4.98 Å². The van der Waals surface area contributed by atoms with Gasteiger partial charge in [-0.05, 0) is 26.3 Å². The number of halogens is 2. The van der Waals surface area contributed by atoms with E-state index in [4.69, 9.17) is 21.1 Å². The number of rotatable bonds is 7. The predicted octanol–water partition coefficient (Wildman–Crippen LogP) is 5.34. The Hall–Kier alpha value is -2.34. The van der Waals surface area contributed by atoms with Gasteiger partial charge in [-0.1, -0.05) is 30.3 Å². The molecule has 0 unspecified atom stereocenters. The number of ether oxygens (including phenoxy) is 2. The molecule has 2 aromatic rings. The minimum Gasteiger partial charge on any atom is -0.484 e. The van der Waals surface area contributed by atoms with E-state index in [1.165, 1.54) is 17.2 Å². The molecule has 2 rings (SSSR count). The van der Waals surface area contributed by atoms with Crippen LogP contribution < -0.4 is 4.74 Å². The van der Waals surface area contributed by atoms with Crippen LogP contribution in [0.4, 0.5) is 9.18 Å². The number of amides is 1. The van der Waals surface area contributed by atoms with Crippen LogP contribution in [0.25, 0.3) is 0 Å². The normalized spacial score (nSPS) is 12.4. The molecule has 1 aromatic carbocycles. The average Bonchev–Trinajstić information content (AvgIpc) is 2.64. The Kier molecular flexibility index (Phi) is 7.63. The highest BCUT2D eigenvalue weighted by Gasteiger charge is 2.22. The van der Waals surface area contributed by atoms with Gasteiger partial charge in [0, 0.05) is 26.1 Å². The van der Waals surface area contributed by atoms with Gasteiger partial charge in [-0.2, -0.15) is 0 Å². The lowest BCUT2D eigenvalue weighted by molar-refractivity contribution is 0.0278. The van der Waals surface area contributed by atoms with Crippen molar-refractivity contribution >= 4 is 17.7 Å². The second kappa shape index (κ2) is 9.73. The molecule has 28 heavy (non-hydrogen) atoms. The summed E-state index contributed by atoms with van der Waals surface area (Å²) in [5.74, 6) is -0.208. The average molecular weight is 409 g/mol. The highest BCUT2D eigenvalue weighted by molar-refractivity contribution is 6.16. The monoisotopic (exact) mass is 408 g/mol. The quantitative estimate of drug-likeness (QED) is 0.580. The third-order valence-electron chi connectivity index (χ3n) is 3.90. The van der Waals surface area contributed by atoms with Gasteiger partial charge in [0.1, 0.15) is 23.3 Å². The van der Waals surface area contributed by atoms with Crippen molar-refractivity contribution in [2.75, 3.05) is 13.6 Å². The second-order valence-corrected chi connectivity index (χ2v) is 7.71. The van der Waals surface area contributed by atoms with Gasteiger partial charge < -0.3 is 14.4 Å². The molecule has 0 saturated heterocycles. The van der Waals surface area contributed by atoms with E-state index in [-0.39, 0.29) is 17.7 Å². The lowest BCUT2D eigenvalue weighted by Gasteiger charge is -2.26. The fourth-order valence-corrected chi connectivity index (χ4v) is 2.68. The first-order valence-electron chi connectivity index (χ1n) is 9.05. The Morgan fingerprint density at radius 2 is 1.96 bits per heavy atom. The Balaban J connectivity index is 2.10. The van der Waals surface area contributed by atoms with E-state index in [0.717, 1.165) is 5.56 Å². The molecule has 152 valence electrons. The molecule has 7 heteroatoms. The number of hydrogen-bond donors (Lipinski definition) is 0. The van der Waals surface area contributed by atoms with E-state index >= 15 is 0 Å². The van der Waals surface area contributed by atoms with E-state index in [1.54, 1.807) is 7.05 Å². The standard InChI is InChI=1S/C21H26ClFN2O3/c1-21(2,3)28-20(26)25(4)11-10-19(15-8-6-5-7-9-15)27-16-12-17(23)18(13-22)24-14-16/h5-9,12,14,19H,10-11,13H2,1-4H3/t19-/m0/s1. The van der Waals surface area contributed by atoms with Crippen LogP contribution in [0.15, 0.2) is 42.6 Å². The minimum absolute atomic E-state index is 0.00505. The van der Waals surface area contributed by atoms with Crippen molar-refractivity contribution in [1.82, 2.24) is 9.88 Å². The molecule has 0 spiro atoms. The number of hydrogen-bond acceptors (Lipinski definition) is 4. The number of benzene rings is 1. The number of aromatic nitrogens is 1. The SMILES string of the molecule is CN(CC[C@H](Oc1cnc(CCl)c(F)c1)c1ccccc1)C(=O)OC(C)(C)C. The van der Waals surface area contributed by atoms with Crippen LogP contribution in [0.3, 0.4) is 0 Å². The van der Waals surface area contributed by atoms with Gasteiger partial charge in [0.05, 0.1) is 17.8 Å². The fourth-order valence-electron chi connectivity index (χ4n) is 2.48. The molecule has 0 aliphatic heterocycles. The van der Waals surface area contributed by atoms with Gasteiger partial charge in [-0.25, -0.2) is 9.18 Å². The van der Waals surface area contributed by atoms with Crippen molar-refractivity contribution in [1.29, 1.82) is 0 Å². The molecule has 0 saturated carbocycles. The molecule has 1 amide bonds. The van der Waals surface area contributed by atoms with Crippen molar-refractivity contribution in [3.05, 3.63) is 59.7 Å². The van der Waals surface area contributed by atoms with Crippen LogP contribution in [-0.2, 0) is 10.6 Å². The molecular weight excluding hydrogens is 383 g/mol. The Bertz CT molecular complexity index is 781. The highest BCUT2D eigenvalue weighted by atomic mass is 35.5. The summed E-state index contributed by atoms with van der Waals surface area (Å²) in [5.41, 5.74) is 0.533. The Morgan fingerprint density at radius 3 is 2.54 bits per heavy atom. The fraction of sp³-hybridized carbons (Fsp3) is 0.429. The lowest BCUT2D eigenvalue weighted by Crippen LogP contribution is -2.35. The van der Waals surface area contributed by atoms with Crippen molar-refractivity contribution in [3.63, 3.8) is 0 Å². The zero-order valence-electron chi connectivity index (χ0n) is 16.6. The molecule has 1 aromatic heterocycles. The molecule has 1 atom stereocenters. The molecule has 5 nitrogen and oxygen atoms in total.